The van der Waals surface area contributed by atoms with E-state index < -0.39 is 23.5 Å². The molecule has 0 amide bonds. The van der Waals surface area contributed by atoms with Gasteiger partial charge in [-0.3, -0.25) is 0 Å². The van der Waals surface area contributed by atoms with Gasteiger partial charge in [-0.1, -0.05) is 34.1 Å². The van der Waals surface area contributed by atoms with E-state index in [1.54, 1.807) is 0 Å². The lowest BCUT2D eigenvalue weighted by Crippen LogP contribution is -2.79. The highest BCUT2D eigenvalue weighted by molar-refractivity contribution is 5.27. The summed E-state index contributed by atoms with van der Waals surface area (Å²) in [5.41, 5.74) is -2.05. The number of hydrogen-bond donors (Lipinski definition) is 2. The third kappa shape index (κ3) is 3.04. The number of aliphatic hydroxyl groups excluding tert-OH is 2. The van der Waals surface area contributed by atoms with Crippen LogP contribution in [0.2, 0.25) is 0 Å². The Balaban J connectivity index is 2.27. The summed E-state index contributed by atoms with van der Waals surface area (Å²) in [5.74, 6) is -0.337. The Morgan fingerprint density at radius 3 is 2.39 bits per heavy atom. The number of aliphatic hydroxyl groups is 2. The van der Waals surface area contributed by atoms with Crippen LogP contribution in [0.4, 0.5) is 0 Å². The zero-order valence-corrected chi connectivity index (χ0v) is 15.0. The Morgan fingerprint density at radius 1 is 1.30 bits per heavy atom. The zero-order valence-electron chi connectivity index (χ0n) is 15.0. The molecule has 2 bridgehead atoms. The normalized spacial score (nSPS) is 31.7. The number of nitrogens with zero attached hydrogens (tertiary/aromatic N) is 1. The third-order valence-electron chi connectivity index (χ3n) is 5.02. The van der Waals surface area contributed by atoms with E-state index in [9.17, 15) is 15.4 Å². The predicted octanol–water partition coefficient (Wildman–Crippen LogP) is 3.40. The second kappa shape index (κ2) is 5.83. The Morgan fingerprint density at radius 2 is 1.91 bits per heavy atom. The molecule has 0 saturated carbocycles. The van der Waals surface area contributed by atoms with E-state index in [1.807, 2.05) is 20.8 Å². The number of ether oxygens (including phenoxy) is 2. The second-order valence-electron chi connectivity index (χ2n) is 8.14. The first-order valence-corrected chi connectivity index (χ1v) is 8.45. The van der Waals surface area contributed by atoms with Crippen molar-refractivity contribution in [2.45, 2.75) is 90.7 Å². The number of hydroxylamine groups is 2. The van der Waals surface area contributed by atoms with Crippen LogP contribution in [0.3, 0.4) is 0 Å². The highest BCUT2D eigenvalue weighted by atomic mass is 16.7. The van der Waals surface area contributed by atoms with E-state index in [0.29, 0.717) is 11.5 Å². The lowest BCUT2D eigenvalue weighted by Gasteiger charge is -2.68. The average Bonchev–Trinajstić information content (AvgIpc) is 2.43. The van der Waals surface area contributed by atoms with Crippen LogP contribution in [0.1, 0.15) is 67.2 Å². The summed E-state index contributed by atoms with van der Waals surface area (Å²) in [6, 6.07) is -0.996. The molecular formula is C17H30NO5-. The van der Waals surface area contributed by atoms with Crippen molar-refractivity contribution in [1.82, 2.24) is 5.06 Å². The Hall–Kier alpha value is -0.980. The zero-order chi connectivity index (χ0) is 17.6. The first-order valence-electron chi connectivity index (χ1n) is 8.45. The van der Waals surface area contributed by atoms with Crippen molar-refractivity contribution in [3.8, 4) is 0 Å². The van der Waals surface area contributed by atoms with E-state index in [0.717, 1.165) is 19.3 Å². The largest absolute Gasteiger partial charge is 0.782 e. The highest BCUT2D eigenvalue weighted by Crippen LogP contribution is 2.53. The van der Waals surface area contributed by atoms with Gasteiger partial charge in [-0.2, -0.15) is 0 Å². The summed E-state index contributed by atoms with van der Waals surface area (Å²) >= 11 is 0. The Labute approximate surface area is 138 Å². The van der Waals surface area contributed by atoms with Gasteiger partial charge in [0.1, 0.15) is 11.7 Å². The van der Waals surface area contributed by atoms with Crippen LogP contribution >= 0.6 is 0 Å². The fourth-order valence-corrected chi connectivity index (χ4v) is 3.42. The average molecular weight is 328 g/mol. The molecule has 0 radical (unpaired) electrons. The molecule has 6 nitrogen and oxygen atoms in total. The molecule has 3 aliphatic heterocycles. The molecule has 0 spiro atoms. The molecule has 3 aliphatic rings. The molecule has 6 heteroatoms. The van der Waals surface area contributed by atoms with Crippen LogP contribution in [0.5, 0.6) is 0 Å². The summed E-state index contributed by atoms with van der Waals surface area (Å²) < 4.78 is 11.5. The molecule has 23 heavy (non-hydrogen) atoms. The fraction of sp³-hybridized carbons (Fsp3) is 0.882. The summed E-state index contributed by atoms with van der Waals surface area (Å²) in [4.78, 5) is 0. The van der Waals surface area contributed by atoms with Gasteiger partial charge in [0.25, 0.3) is 0 Å². The maximum absolute atomic E-state index is 12.4. The molecule has 134 valence electrons. The third-order valence-corrected chi connectivity index (χ3v) is 5.02. The highest BCUT2D eigenvalue weighted by Gasteiger charge is 2.65. The van der Waals surface area contributed by atoms with Gasteiger partial charge in [-0.05, 0) is 32.1 Å². The van der Waals surface area contributed by atoms with Crippen LogP contribution in [0.15, 0.2) is 11.7 Å². The molecule has 0 aliphatic carbocycles. The number of rotatable bonds is 7. The van der Waals surface area contributed by atoms with Crippen molar-refractivity contribution in [2.24, 2.45) is 5.41 Å². The van der Waals surface area contributed by atoms with Crippen molar-refractivity contribution in [2.75, 3.05) is 0 Å². The first-order chi connectivity index (χ1) is 10.5. The minimum Gasteiger partial charge on any atom is -0.782 e. The van der Waals surface area contributed by atoms with Crippen molar-refractivity contribution in [3.63, 3.8) is 0 Å². The molecule has 3 atom stereocenters. The quantitative estimate of drug-likeness (QED) is 0.745. The number of hydrogen-bond acceptors (Lipinski definition) is 6. The molecule has 2 N–H and O–H groups in total. The predicted molar refractivity (Wildman–Crippen MR) is 87.2 cm³/mol. The maximum Gasteiger partial charge on any atom is 0.322 e. The molecule has 1 saturated heterocycles. The SMILES string of the molecule is CCCC(C)(C)CC12OC(OC(C)(C)CC)=C(O)C([C@@H]1O)N2[O-]. The summed E-state index contributed by atoms with van der Waals surface area (Å²) in [6.07, 6.45) is 1.94. The molecule has 2 unspecified atom stereocenters. The van der Waals surface area contributed by atoms with Gasteiger partial charge in [0.05, 0.1) is 6.04 Å². The van der Waals surface area contributed by atoms with Crippen LogP contribution in [-0.2, 0) is 9.47 Å². The van der Waals surface area contributed by atoms with Gasteiger partial charge >= 0.3 is 5.95 Å². The molecule has 3 rings (SSSR count). The molecule has 3 heterocycles. The van der Waals surface area contributed by atoms with E-state index >= 15 is 0 Å². The van der Waals surface area contributed by atoms with Gasteiger partial charge in [0.15, 0.2) is 11.5 Å². The Kier molecular flexibility index (Phi) is 4.65. The van der Waals surface area contributed by atoms with Gasteiger partial charge in [-0.25, -0.2) is 0 Å². The van der Waals surface area contributed by atoms with E-state index in [-0.39, 0.29) is 17.1 Å². The summed E-state index contributed by atoms with van der Waals surface area (Å²) in [6.45, 7) is 11.9. The van der Waals surface area contributed by atoms with Crippen LogP contribution in [0.25, 0.3) is 0 Å². The first kappa shape index (κ1) is 18.4. The summed E-state index contributed by atoms with van der Waals surface area (Å²) in [7, 11) is 0. The van der Waals surface area contributed by atoms with Crippen LogP contribution in [0, 0.1) is 10.6 Å². The minimum atomic E-state index is -1.37. The second-order valence-corrected chi connectivity index (χ2v) is 8.14. The molecule has 0 aromatic rings. The standard InChI is InChI=1S/C17H30NO5/c1-7-9-15(3,4)10-17-13(20)11(18(17)21)12(19)14(23-17)22-16(5,6)8-2/h11,13,19-20H,7-10H2,1-6H3/q-1/t11?,13-,17?/m0/s1. The van der Waals surface area contributed by atoms with Crippen molar-refractivity contribution in [1.29, 1.82) is 0 Å². The smallest absolute Gasteiger partial charge is 0.322 e. The fourth-order valence-electron chi connectivity index (χ4n) is 3.42. The van der Waals surface area contributed by atoms with Crippen LogP contribution in [-0.4, -0.2) is 38.7 Å². The van der Waals surface area contributed by atoms with Gasteiger partial charge in [0, 0.05) is 6.42 Å². The number of fused-ring (bicyclic) bond motifs is 1. The van der Waals surface area contributed by atoms with Crippen molar-refractivity contribution in [3.05, 3.63) is 16.9 Å². The van der Waals surface area contributed by atoms with Crippen molar-refractivity contribution < 1.29 is 19.7 Å². The minimum absolute atomic E-state index is 0.0217. The van der Waals surface area contributed by atoms with Crippen molar-refractivity contribution >= 4 is 0 Å². The lowest BCUT2D eigenvalue weighted by molar-refractivity contribution is -0.332. The molecule has 1 fully saturated rings. The topological polar surface area (TPSA) is 85.2 Å². The van der Waals surface area contributed by atoms with Gasteiger partial charge in [0.2, 0.25) is 0 Å². The van der Waals surface area contributed by atoms with E-state index in [1.165, 1.54) is 0 Å². The van der Waals surface area contributed by atoms with Crippen LogP contribution < -0.4 is 0 Å². The lowest BCUT2D eigenvalue weighted by atomic mass is 9.72. The monoisotopic (exact) mass is 328 g/mol. The van der Waals surface area contributed by atoms with E-state index in [2.05, 4.69) is 20.8 Å². The summed E-state index contributed by atoms with van der Waals surface area (Å²) in [5, 5.41) is 33.7. The van der Waals surface area contributed by atoms with E-state index in [4.69, 9.17) is 9.47 Å². The van der Waals surface area contributed by atoms with Gasteiger partial charge < -0.3 is 30.0 Å². The molecule has 0 aromatic heterocycles. The molecular weight excluding hydrogens is 298 g/mol. The van der Waals surface area contributed by atoms with Gasteiger partial charge in [-0.15, -0.1) is 0 Å². The molecule has 0 aromatic carbocycles. The Bertz CT molecular complexity index is 475. The maximum atomic E-state index is 12.4.